The van der Waals surface area contributed by atoms with Crippen molar-refractivity contribution in [3.05, 3.63) is 22.7 Å². The second kappa shape index (κ2) is 9.54. The van der Waals surface area contributed by atoms with Crippen molar-refractivity contribution in [2.45, 2.75) is 45.3 Å². The lowest BCUT2D eigenvalue weighted by atomic mass is 9.85. The van der Waals surface area contributed by atoms with Gasteiger partial charge >= 0.3 is 0 Å². The monoisotopic (exact) mass is 411 g/mol. The van der Waals surface area contributed by atoms with Gasteiger partial charge in [0.05, 0.1) is 16.3 Å². The zero-order chi connectivity index (χ0) is 18.7. The number of hydrogen-bond donors (Lipinski definition) is 2. The van der Waals surface area contributed by atoms with Crippen molar-refractivity contribution < 1.29 is 9.53 Å². The minimum Gasteiger partial charge on any atom is -0.477 e. The molecule has 0 aliphatic carbocycles. The van der Waals surface area contributed by atoms with Gasteiger partial charge in [0.25, 0.3) is 5.91 Å². The van der Waals surface area contributed by atoms with Crippen LogP contribution in [0.2, 0.25) is 5.02 Å². The molecule has 2 fully saturated rings. The minimum atomic E-state index is -0.339. The molecule has 2 bridgehead atoms. The van der Waals surface area contributed by atoms with Crippen molar-refractivity contribution in [1.82, 2.24) is 10.2 Å². The highest BCUT2D eigenvalue weighted by molar-refractivity contribution is 6.33. The van der Waals surface area contributed by atoms with E-state index < -0.39 is 0 Å². The number of carbonyl (C=O) groups is 1. The molecule has 2 saturated heterocycles. The van der Waals surface area contributed by atoms with Crippen molar-refractivity contribution in [1.29, 1.82) is 0 Å². The molecule has 3 rings (SSSR count). The van der Waals surface area contributed by atoms with Gasteiger partial charge in [0.2, 0.25) is 0 Å². The third kappa shape index (κ3) is 5.22. The molecule has 0 saturated carbocycles. The van der Waals surface area contributed by atoms with Gasteiger partial charge in [0, 0.05) is 25.2 Å². The largest absolute Gasteiger partial charge is 0.477 e. The van der Waals surface area contributed by atoms with Crippen molar-refractivity contribution in [3.63, 3.8) is 0 Å². The fourth-order valence-corrected chi connectivity index (χ4v) is 4.05. The average molecular weight is 412 g/mol. The lowest BCUT2D eigenvalue weighted by Crippen LogP contribution is -2.53. The van der Waals surface area contributed by atoms with Crippen LogP contribution in [0.4, 0.5) is 5.69 Å². The minimum absolute atomic E-state index is 0. The van der Waals surface area contributed by atoms with Crippen LogP contribution in [-0.2, 0) is 0 Å². The van der Waals surface area contributed by atoms with Crippen LogP contribution < -0.4 is 15.8 Å². The number of ether oxygens (including phenoxy) is 1. The maximum absolute atomic E-state index is 13.0. The number of halogens is 2. The Morgan fingerprint density at radius 3 is 2.93 bits per heavy atom. The fraction of sp³-hybridized carbons (Fsp3) is 0.550. The molecule has 2 heterocycles. The summed E-state index contributed by atoms with van der Waals surface area (Å²) in [7, 11) is 0. The van der Waals surface area contributed by atoms with Gasteiger partial charge in [-0.2, -0.15) is 0 Å². The normalized spacial score (nSPS) is 24.6. The fourth-order valence-electron chi connectivity index (χ4n) is 3.88. The Morgan fingerprint density at radius 1 is 1.41 bits per heavy atom. The van der Waals surface area contributed by atoms with Crippen molar-refractivity contribution in [3.8, 4) is 17.6 Å². The molecule has 148 valence electrons. The SMILES string of the molecule is CC#C[C@H](C)Oc1cc(N)c(Cl)cc1C(=O)NC1CCN2CCCC1C2.Cl. The molecule has 3 N–H and O–H groups in total. The van der Waals surface area contributed by atoms with E-state index in [1.165, 1.54) is 13.0 Å². The second-order valence-corrected chi connectivity index (χ2v) is 7.50. The molecular formula is C20H27Cl2N3O2. The van der Waals surface area contributed by atoms with E-state index in [2.05, 4.69) is 22.1 Å². The predicted molar refractivity (Wildman–Crippen MR) is 112 cm³/mol. The summed E-state index contributed by atoms with van der Waals surface area (Å²) in [5, 5.41) is 3.55. The average Bonchev–Trinajstić information content (AvgIpc) is 2.61. The molecule has 2 aliphatic rings. The van der Waals surface area contributed by atoms with Crippen LogP contribution in [0.3, 0.4) is 0 Å². The van der Waals surface area contributed by atoms with Gasteiger partial charge < -0.3 is 20.7 Å². The number of anilines is 1. The van der Waals surface area contributed by atoms with Gasteiger partial charge in [-0.15, -0.1) is 18.3 Å². The number of nitrogens with zero attached hydrogens (tertiary/aromatic N) is 1. The number of nitrogens with two attached hydrogens (primary N) is 1. The van der Waals surface area contributed by atoms with Gasteiger partial charge in [0.15, 0.2) is 6.10 Å². The zero-order valence-electron chi connectivity index (χ0n) is 15.8. The third-order valence-corrected chi connectivity index (χ3v) is 5.51. The molecule has 0 radical (unpaired) electrons. The zero-order valence-corrected chi connectivity index (χ0v) is 17.3. The number of nitrogens with one attached hydrogen (secondary N) is 1. The highest BCUT2D eigenvalue weighted by atomic mass is 35.5. The van der Waals surface area contributed by atoms with E-state index in [4.69, 9.17) is 22.1 Å². The lowest BCUT2D eigenvalue weighted by Gasteiger charge is -2.42. The summed E-state index contributed by atoms with van der Waals surface area (Å²) >= 11 is 6.16. The van der Waals surface area contributed by atoms with Crippen LogP contribution in [0, 0.1) is 17.8 Å². The van der Waals surface area contributed by atoms with Gasteiger partial charge in [-0.05, 0) is 51.6 Å². The Kier molecular flexibility index (Phi) is 7.67. The molecule has 0 aromatic heterocycles. The van der Waals surface area contributed by atoms with E-state index >= 15 is 0 Å². The molecule has 0 spiro atoms. The maximum Gasteiger partial charge on any atom is 0.255 e. The Bertz CT molecular complexity index is 745. The smallest absolute Gasteiger partial charge is 0.255 e. The topological polar surface area (TPSA) is 67.6 Å². The summed E-state index contributed by atoms with van der Waals surface area (Å²) in [4.78, 5) is 15.4. The lowest BCUT2D eigenvalue weighted by molar-refractivity contribution is 0.0736. The predicted octanol–water partition coefficient (Wildman–Crippen LogP) is 3.35. The number of carbonyl (C=O) groups excluding carboxylic acids is 1. The summed E-state index contributed by atoms with van der Waals surface area (Å²) in [5.41, 5.74) is 6.70. The summed E-state index contributed by atoms with van der Waals surface area (Å²) in [5.74, 6) is 6.50. The highest BCUT2D eigenvalue weighted by Crippen LogP contribution is 2.31. The number of amides is 1. The highest BCUT2D eigenvalue weighted by Gasteiger charge is 2.33. The number of nitrogen functional groups attached to an aromatic ring is 1. The van der Waals surface area contributed by atoms with Crippen molar-refractivity contribution >= 4 is 35.6 Å². The summed E-state index contributed by atoms with van der Waals surface area (Å²) in [6.45, 7) is 6.87. The van der Waals surface area contributed by atoms with Crippen molar-refractivity contribution in [2.24, 2.45) is 5.92 Å². The van der Waals surface area contributed by atoms with Gasteiger partial charge in [-0.25, -0.2) is 0 Å². The number of piperidine rings is 2. The standard InChI is InChI=1S/C20H26ClN3O2.ClH/c1-3-5-13(2)26-19-11-17(22)16(21)10-15(19)20(25)23-18-7-9-24-8-4-6-14(18)12-24;/h10-11,13-14,18H,4,6-9,12,22H2,1-2H3,(H,23,25);1H/t13-,14?,18?;/m0./s1. The van der Waals surface area contributed by atoms with Crippen LogP contribution in [0.25, 0.3) is 0 Å². The van der Waals surface area contributed by atoms with Crippen LogP contribution >= 0.6 is 24.0 Å². The number of rotatable bonds is 4. The third-order valence-electron chi connectivity index (χ3n) is 5.18. The molecule has 4 atom stereocenters. The Morgan fingerprint density at radius 2 is 2.19 bits per heavy atom. The second-order valence-electron chi connectivity index (χ2n) is 7.10. The summed E-state index contributed by atoms with van der Waals surface area (Å²) in [6.07, 6.45) is 3.00. The Hall–Kier alpha value is -1.61. The quantitative estimate of drug-likeness (QED) is 0.588. The Labute approximate surface area is 172 Å². The molecule has 1 aromatic carbocycles. The molecule has 7 heteroatoms. The van der Waals surface area contributed by atoms with Crippen LogP contribution in [0.15, 0.2) is 12.1 Å². The van der Waals surface area contributed by atoms with E-state index in [1.807, 2.05) is 6.92 Å². The van der Waals surface area contributed by atoms with Crippen molar-refractivity contribution in [2.75, 3.05) is 25.4 Å². The number of fused-ring (bicyclic) bond motifs is 2. The molecular weight excluding hydrogens is 385 g/mol. The number of benzene rings is 1. The molecule has 2 aliphatic heterocycles. The van der Waals surface area contributed by atoms with Gasteiger partial charge in [-0.1, -0.05) is 17.5 Å². The summed E-state index contributed by atoms with van der Waals surface area (Å²) in [6, 6.07) is 3.38. The first-order valence-corrected chi connectivity index (χ1v) is 9.57. The van der Waals surface area contributed by atoms with E-state index in [0.29, 0.717) is 27.9 Å². The molecule has 1 aromatic rings. The maximum atomic E-state index is 13.0. The van der Waals surface area contributed by atoms with Crippen LogP contribution in [0.5, 0.6) is 5.75 Å². The van der Waals surface area contributed by atoms with E-state index in [-0.39, 0.29) is 30.5 Å². The molecule has 5 nitrogen and oxygen atoms in total. The van der Waals surface area contributed by atoms with Crippen LogP contribution in [-0.4, -0.2) is 42.6 Å². The number of hydrogen-bond acceptors (Lipinski definition) is 4. The van der Waals surface area contributed by atoms with E-state index in [9.17, 15) is 4.79 Å². The van der Waals surface area contributed by atoms with Gasteiger partial charge in [0.1, 0.15) is 5.75 Å². The van der Waals surface area contributed by atoms with E-state index in [0.717, 1.165) is 25.9 Å². The molecule has 27 heavy (non-hydrogen) atoms. The first kappa shape index (κ1) is 21.7. The molecule has 1 amide bonds. The first-order chi connectivity index (χ1) is 12.5. The summed E-state index contributed by atoms with van der Waals surface area (Å²) < 4.78 is 5.83. The van der Waals surface area contributed by atoms with Crippen LogP contribution in [0.1, 0.15) is 43.5 Å². The Balaban J connectivity index is 0.00000261. The van der Waals surface area contributed by atoms with E-state index in [1.54, 1.807) is 19.1 Å². The first-order valence-electron chi connectivity index (χ1n) is 9.19. The molecule has 3 unspecified atom stereocenters. The van der Waals surface area contributed by atoms with Gasteiger partial charge in [-0.3, -0.25) is 4.79 Å².